The van der Waals surface area contributed by atoms with E-state index in [9.17, 15) is 0 Å². The molecule has 2 aliphatic rings. The minimum absolute atomic E-state index is 0. The largest absolute Gasteiger partial charge is 0.0958 e. The fraction of sp³-hybridized carbons (Fsp3) is 0.500. The normalized spacial score (nSPS) is 23.1. The van der Waals surface area contributed by atoms with E-state index >= 15 is 0 Å². The fourth-order valence-electron chi connectivity index (χ4n) is 5.56. The van der Waals surface area contributed by atoms with E-state index in [0.717, 1.165) is 25.7 Å². The Balaban J connectivity index is 0.00000211. The maximum atomic E-state index is 4.25. The summed E-state index contributed by atoms with van der Waals surface area (Å²) in [5.41, 5.74) is 9.06. The van der Waals surface area contributed by atoms with E-state index in [1.165, 1.54) is 59.1 Å². The summed E-state index contributed by atoms with van der Waals surface area (Å²) in [4.78, 5) is 0. The van der Waals surface area contributed by atoms with Gasteiger partial charge in [0.05, 0.1) is 0 Å². The number of hydrogen-bond acceptors (Lipinski definition) is 0. The molecule has 0 heterocycles. The molecule has 0 aromatic heterocycles. The Hall–Kier alpha value is -2.34. The summed E-state index contributed by atoms with van der Waals surface area (Å²) >= 11 is 0. The molecular formula is C36H54. The van der Waals surface area contributed by atoms with Gasteiger partial charge >= 0.3 is 0 Å². The van der Waals surface area contributed by atoms with Gasteiger partial charge in [-0.15, -0.1) is 0 Å². The van der Waals surface area contributed by atoms with Gasteiger partial charge in [-0.05, 0) is 90.0 Å². The molecule has 0 amide bonds. The van der Waals surface area contributed by atoms with Crippen molar-refractivity contribution in [1.29, 1.82) is 0 Å². The highest BCUT2D eigenvalue weighted by molar-refractivity contribution is 5.44. The van der Waals surface area contributed by atoms with Crippen LogP contribution in [0.4, 0.5) is 0 Å². The molecule has 36 heavy (non-hydrogen) atoms. The molecule has 2 aliphatic carbocycles. The van der Waals surface area contributed by atoms with Crippen molar-refractivity contribution in [3.8, 4) is 0 Å². The second kappa shape index (κ2) is 15.0. The van der Waals surface area contributed by atoms with E-state index in [4.69, 9.17) is 0 Å². The maximum absolute atomic E-state index is 4.25. The number of rotatable bonds is 11. The number of hydrogen-bond donors (Lipinski definition) is 0. The highest BCUT2D eigenvalue weighted by Crippen LogP contribution is 2.73. The number of fused-ring (bicyclic) bond motifs is 1. The van der Waals surface area contributed by atoms with Crippen LogP contribution in [-0.2, 0) is 6.42 Å². The van der Waals surface area contributed by atoms with E-state index < -0.39 is 0 Å². The van der Waals surface area contributed by atoms with Crippen LogP contribution in [0.15, 0.2) is 95.7 Å². The highest BCUT2D eigenvalue weighted by atomic mass is 14.7. The smallest absolute Gasteiger partial charge is 0.0162 e. The van der Waals surface area contributed by atoms with Gasteiger partial charge in [-0.2, -0.15) is 0 Å². The Bertz CT molecular complexity index is 975. The average Bonchev–Trinajstić information content (AvgIpc) is 3.51. The Kier molecular flexibility index (Phi) is 13.2. The van der Waals surface area contributed by atoms with Crippen LogP contribution in [0.1, 0.15) is 105 Å². The Morgan fingerprint density at radius 1 is 1.03 bits per heavy atom. The molecule has 0 heteroatoms. The van der Waals surface area contributed by atoms with Crippen molar-refractivity contribution in [2.24, 2.45) is 10.8 Å². The molecule has 0 saturated heterocycles. The first-order valence-electron chi connectivity index (χ1n) is 13.9. The van der Waals surface area contributed by atoms with Crippen molar-refractivity contribution in [1.82, 2.24) is 0 Å². The molecule has 0 radical (unpaired) electrons. The molecule has 0 aliphatic heterocycles. The number of allylic oxidation sites excluding steroid dienone is 11. The lowest BCUT2D eigenvalue weighted by Crippen LogP contribution is -2.13. The minimum Gasteiger partial charge on any atom is -0.0958 e. The van der Waals surface area contributed by atoms with Gasteiger partial charge in [-0.1, -0.05) is 129 Å². The summed E-state index contributed by atoms with van der Waals surface area (Å²) in [6.45, 7) is 19.5. The maximum Gasteiger partial charge on any atom is 0.0162 e. The zero-order valence-corrected chi connectivity index (χ0v) is 23.7. The summed E-state index contributed by atoms with van der Waals surface area (Å²) in [6, 6.07) is 8.96. The van der Waals surface area contributed by atoms with Gasteiger partial charge in [0.1, 0.15) is 0 Å². The molecule has 1 aromatic carbocycles. The van der Waals surface area contributed by atoms with Gasteiger partial charge in [0.2, 0.25) is 0 Å². The van der Waals surface area contributed by atoms with Crippen molar-refractivity contribution in [2.45, 2.75) is 107 Å². The predicted octanol–water partition coefficient (Wildman–Crippen LogP) is 11.5. The van der Waals surface area contributed by atoms with E-state index in [-0.39, 0.29) is 12.8 Å². The molecule has 3 rings (SSSR count). The second-order valence-corrected chi connectivity index (χ2v) is 10.6. The third-order valence-electron chi connectivity index (χ3n) is 7.79. The van der Waals surface area contributed by atoms with Gasteiger partial charge in [-0.25, -0.2) is 0 Å². The third-order valence-corrected chi connectivity index (χ3v) is 7.79. The average molecular weight is 487 g/mol. The van der Waals surface area contributed by atoms with Gasteiger partial charge in [0, 0.05) is 5.41 Å². The van der Waals surface area contributed by atoms with Crippen molar-refractivity contribution in [2.75, 3.05) is 0 Å². The first kappa shape index (κ1) is 31.7. The van der Waals surface area contributed by atoms with Crippen LogP contribution in [0.5, 0.6) is 0 Å². The third kappa shape index (κ3) is 8.36. The molecule has 1 aromatic rings. The molecule has 198 valence electrons. The quantitative estimate of drug-likeness (QED) is 0.273. The van der Waals surface area contributed by atoms with Gasteiger partial charge < -0.3 is 0 Å². The van der Waals surface area contributed by atoms with Crippen LogP contribution in [0.2, 0.25) is 0 Å². The van der Waals surface area contributed by atoms with Crippen molar-refractivity contribution in [3.63, 3.8) is 0 Å². The van der Waals surface area contributed by atoms with Gasteiger partial charge in [0.15, 0.2) is 0 Å². The Labute approximate surface area is 224 Å². The summed E-state index contributed by atoms with van der Waals surface area (Å²) in [6.07, 6.45) is 26.0. The van der Waals surface area contributed by atoms with Crippen LogP contribution < -0.4 is 0 Å². The van der Waals surface area contributed by atoms with Crippen LogP contribution in [0.3, 0.4) is 0 Å². The minimum atomic E-state index is 0. The summed E-state index contributed by atoms with van der Waals surface area (Å²) in [5.74, 6) is 0. The van der Waals surface area contributed by atoms with E-state index in [0.29, 0.717) is 5.41 Å². The number of benzene rings is 1. The van der Waals surface area contributed by atoms with Gasteiger partial charge in [0.25, 0.3) is 0 Å². The first-order chi connectivity index (χ1) is 16.8. The van der Waals surface area contributed by atoms with E-state index in [2.05, 4.69) is 108 Å². The van der Waals surface area contributed by atoms with Crippen molar-refractivity contribution < 1.29 is 0 Å². The van der Waals surface area contributed by atoms with Crippen molar-refractivity contribution in [3.05, 3.63) is 107 Å². The Morgan fingerprint density at radius 2 is 1.72 bits per heavy atom. The SMILES string of the molecule is C.C=C(/C=C\CC)CCCC12CC=CC(C)=CC1(/C(C)=C/C=C(\C)CCc1ccc(C)cc1)C2.CC. The molecular weight excluding hydrogens is 432 g/mol. The van der Waals surface area contributed by atoms with Crippen LogP contribution in [-0.4, -0.2) is 0 Å². The lowest BCUT2D eigenvalue weighted by atomic mass is 9.80. The molecule has 0 spiro atoms. The summed E-state index contributed by atoms with van der Waals surface area (Å²) in [5, 5.41) is 0. The molecule has 2 unspecified atom stereocenters. The van der Waals surface area contributed by atoms with Crippen molar-refractivity contribution >= 4 is 0 Å². The number of aryl methyl sites for hydroxylation is 2. The highest BCUT2D eigenvalue weighted by Gasteiger charge is 2.65. The summed E-state index contributed by atoms with van der Waals surface area (Å²) < 4.78 is 0. The topological polar surface area (TPSA) is 0 Å². The lowest BCUT2D eigenvalue weighted by Gasteiger charge is -2.23. The fourth-order valence-corrected chi connectivity index (χ4v) is 5.56. The van der Waals surface area contributed by atoms with E-state index in [1.54, 1.807) is 0 Å². The zero-order valence-electron chi connectivity index (χ0n) is 23.7. The predicted molar refractivity (Wildman–Crippen MR) is 165 cm³/mol. The molecule has 2 atom stereocenters. The standard InChI is InChI=1S/C33H44.C2H6.CH4/c1-7-8-11-26(2)12-9-22-32-23-10-13-29(5)24-33(32,25-32)30(6)18-14-27(3)15-19-31-20-16-28(4)17-21-31;1-2;/h8,10-11,13-14,16-18,20-21,24H,2,7,9,12,15,19,22-23,25H2,1,3-6H3;1-2H3;1H4/b11-8-,27-14+,30-18+;;. The second-order valence-electron chi connectivity index (χ2n) is 10.6. The lowest BCUT2D eigenvalue weighted by molar-refractivity contribution is 0.387. The molecule has 1 fully saturated rings. The Morgan fingerprint density at radius 3 is 2.39 bits per heavy atom. The summed E-state index contributed by atoms with van der Waals surface area (Å²) in [7, 11) is 0. The first-order valence-corrected chi connectivity index (χ1v) is 13.9. The molecule has 0 N–H and O–H groups in total. The molecule has 0 bridgehead atoms. The van der Waals surface area contributed by atoms with Crippen LogP contribution >= 0.6 is 0 Å². The van der Waals surface area contributed by atoms with Crippen LogP contribution in [0.25, 0.3) is 0 Å². The van der Waals surface area contributed by atoms with Crippen LogP contribution in [0, 0.1) is 17.8 Å². The zero-order chi connectivity index (χ0) is 25.9. The molecule has 0 nitrogen and oxygen atoms in total. The monoisotopic (exact) mass is 486 g/mol. The molecule has 1 saturated carbocycles. The van der Waals surface area contributed by atoms with Gasteiger partial charge in [-0.3, -0.25) is 0 Å². The van der Waals surface area contributed by atoms with E-state index in [1.807, 2.05) is 13.8 Å².